The average Bonchev–Trinajstić information content (AvgIpc) is 2.84. The highest BCUT2D eigenvalue weighted by molar-refractivity contribution is 5.97. The zero-order valence-corrected chi connectivity index (χ0v) is 11.6. The molecule has 0 unspecified atom stereocenters. The molecule has 1 aromatic carbocycles. The molecule has 0 saturated carbocycles. The van der Waals surface area contributed by atoms with Gasteiger partial charge in [0.15, 0.2) is 0 Å². The molecule has 0 aliphatic rings. The zero-order valence-electron chi connectivity index (χ0n) is 11.6. The van der Waals surface area contributed by atoms with Gasteiger partial charge in [-0.1, -0.05) is 0 Å². The number of nitrogens with zero attached hydrogens (tertiary/aromatic N) is 2. The number of carbonyl (C=O) groups is 1. The third-order valence-corrected chi connectivity index (χ3v) is 3.06. The molecule has 0 radical (unpaired) electrons. The lowest BCUT2D eigenvalue weighted by molar-refractivity contribution is 0.0951. The molecule has 1 heterocycles. The van der Waals surface area contributed by atoms with Gasteiger partial charge < -0.3 is 15.8 Å². The third-order valence-electron chi connectivity index (χ3n) is 3.06. The molecule has 2 rings (SSSR count). The molecule has 0 fully saturated rings. The number of nitrogens with two attached hydrogens (primary N) is 1. The Bertz CT molecular complexity index is 607. The van der Waals surface area contributed by atoms with E-state index in [1.54, 1.807) is 29.1 Å². The lowest BCUT2D eigenvalue weighted by Gasteiger charge is -2.10. The van der Waals surface area contributed by atoms with Crippen LogP contribution >= 0.6 is 0 Å². The van der Waals surface area contributed by atoms with Gasteiger partial charge in [0.2, 0.25) is 0 Å². The summed E-state index contributed by atoms with van der Waals surface area (Å²) in [7, 11) is 3.40. The van der Waals surface area contributed by atoms with Gasteiger partial charge in [-0.05, 0) is 24.3 Å². The Balaban J connectivity index is 1.98. The number of ether oxygens (including phenoxy) is 1. The fourth-order valence-electron chi connectivity index (χ4n) is 1.95. The van der Waals surface area contributed by atoms with Crippen LogP contribution in [0.25, 0.3) is 0 Å². The number of hydrogen-bond donors (Lipinski definition) is 2. The van der Waals surface area contributed by atoms with Gasteiger partial charge in [-0.15, -0.1) is 0 Å². The second-order valence-electron chi connectivity index (χ2n) is 4.41. The van der Waals surface area contributed by atoms with E-state index >= 15 is 0 Å². The molecule has 0 spiro atoms. The Hall–Kier alpha value is -2.50. The summed E-state index contributed by atoms with van der Waals surface area (Å²) in [4.78, 5) is 12.1. The number of rotatable bonds is 5. The second kappa shape index (κ2) is 6.10. The normalized spacial score (nSPS) is 10.3. The SMILES string of the molecule is COc1ccc(N)cc1C(=O)NCCc1ccnn1C. The maximum Gasteiger partial charge on any atom is 0.255 e. The standard InChI is InChI=1S/C14H18N4O2/c1-18-11(6-8-17-18)5-7-16-14(19)12-9-10(15)3-4-13(12)20-2/h3-4,6,8-9H,5,7,15H2,1-2H3,(H,16,19). The summed E-state index contributed by atoms with van der Waals surface area (Å²) in [5.41, 5.74) is 7.73. The molecule has 20 heavy (non-hydrogen) atoms. The summed E-state index contributed by atoms with van der Waals surface area (Å²) in [6.45, 7) is 0.524. The molecule has 6 heteroatoms. The second-order valence-corrected chi connectivity index (χ2v) is 4.41. The van der Waals surface area contributed by atoms with Gasteiger partial charge in [0.1, 0.15) is 5.75 Å². The summed E-state index contributed by atoms with van der Waals surface area (Å²) in [5, 5.41) is 6.93. The largest absolute Gasteiger partial charge is 0.496 e. The van der Waals surface area contributed by atoms with Crippen molar-refractivity contribution in [2.75, 3.05) is 19.4 Å². The number of nitrogens with one attached hydrogen (secondary N) is 1. The highest BCUT2D eigenvalue weighted by atomic mass is 16.5. The Morgan fingerprint density at radius 3 is 2.90 bits per heavy atom. The smallest absolute Gasteiger partial charge is 0.255 e. The molecular weight excluding hydrogens is 256 g/mol. The van der Waals surface area contributed by atoms with E-state index in [0.29, 0.717) is 30.0 Å². The van der Waals surface area contributed by atoms with Gasteiger partial charge in [-0.25, -0.2) is 0 Å². The van der Waals surface area contributed by atoms with Gasteiger partial charge in [0.25, 0.3) is 5.91 Å². The molecule has 0 saturated heterocycles. The minimum Gasteiger partial charge on any atom is -0.496 e. The quantitative estimate of drug-likeness (QED) is 0.796. The van der Waals surface area contributed by atoms with Gasteiger partial charge >= 0.3 is 0 Å². The maximum atomic E-state index is 12.1. The van der Waals surface area contributed by atoms with E-state index in [1.165, 1.54) is 7.11 Å². The minimum absolute atomic E-state index is 0.198. The van der Waals surface area contributed by atoms with Crippen LogP contribution in [0, 0.1) is 0 Å². The molecule has 106 valence electrons. The summed E-state index contributed by atoms with van der Waals surface area (Å²) >= 11 is 0. The van der Waals surface area contributed by atoms with Crippen LogP contribution in [-0.4, -0.2) is 29.3 Å². The summed E-state index contributed by atoms with van der Waals surface area (Å²) < 4.78 is 6.95. The van der Waals surface area contributed by atoms with Gasteiger partial charge in [0, 0.05) is 37.6 Å². The summed E-state index contributed by atoms with van der Waals surface area (Å²) in [6.07, 6.45) is 2.45. The molecule has 2 aromatic rings. The van der Waals surface area contributed by atoms with E-state index in [2.05, 4.69) is 10.4 Å². The first kappa shape index (κ1) is 13.9. The number of anilines is 1. The zero-order chi connectivity index (χ0) is 14.5. The number of amides is 1. The number of benzene rings is 1. The summed E-state index contributed by atoms with van der Waals surface area (Å²) in [5.74, 6) is 0.313. The molecule has 1 aromatic heterocycles. The van der Waals surface area contributed by atoms with Crippen LogP contribution in [0.15, 0.2) is 30.5 Å². The molecule has 1 amide bonds. The predicted octanol–water partition coefficient (Wildman–Crippen LogP) is 0.983. The van der Waals surface area contributed by atoms with Crippen molar-refractivity contribution < 1.29 is 9.53 Å². The molecule has 0 aliphatic heterocycles. The van der Waals surface area contributed by atoms with Crippen molar-refractivity contribution in [1.82, 2.24) is 15.1 Å². The van der Waals surface area contributed by atoms with Crippen LogP contribution in [-0.2, 0) is 13.5 Å². The number of nitrogen functional groups attached to an aromatic ring is 1. The Morgan fingerprint density at radius 1 is 1.45 bits per heavy atom. The van der Waals surface area contributed by atoms with E-state index in [1.807, 2.05) is 13.1 Å². The monoisotopic (exact) mass is 274 g/mol. The minimum atomic E-state index is -0.198. The number of aryl methyl sites for hydroxylation is 1. The first-order valence-electron chi connectivity index (χ1n) is 6.30. The fraction of sp³-hybridized carbons (Fsp3) is 0.286. The van der Waals surface area contributed by atoms with Crippen molar-refractivity contribution in [2.24, 2.45) is 7.05 Å². The Morgan fingerprint density at radius 2 is 2.25 bits per heavy atom. The van der Waals surface area contributed by atoms with Crippen LogP contribution in [0.4, 0.5) is 5.69 Å². The van der Waals surface area contributed by atoms with E-state index in [9.17, 15) is 4.79 Å². The molecule has 3 N–H and O–H groups in total. The predicted molar refractivity (Wildman–Crippen MR) is 76.7 cm³/mol. The lowest BCUT2D eigenvalue weighted by atomic mass is 10.1. The van der Waals surface area contributed by atoms with E-state index < -0.39 is 0 Å². The van der Waals surface area contributed by atoms with E-state index in [0.717, 1.165) is 5.69 Å². The molecule has 0 aliphatic carbocycles. The van der Waals surface area contributed by atoms with E-state index in [-0.39, 0.29) is 5.91 Å². The first-order chi connectivity index (χ1) is 9.61. The van der Waals surface area contributed by atoms with Crippen molar-refractivity contribution in [1.29, 1.82) is 0 Å². The van der Waals surface area contributed by atoms with E-state index in [4.69, 9.17) is 10.5 Å². The van der Waals surface area contributed by atoms with Crippen LogP contribution in [0.1, 0.15) is 16.1 Å². The number of methoxy groups -OCH3 is 1. The molecular formula is C14H18N4O2. The van der Waals surface area contributed by atoms with Crippen molar-refractivity contribution in [2.45, 2.75) is 6.42 Å². The van der Waals surface area contributed by atoms with Crippen molar-refractivity contribution in [3.63, 3.8) is 0 Å². The number of aromatic nitrogens is 2. The van der Waals surface area contributed by atoms with Crippen LogP contribution in [0.5, 0.6) is 5.75 Å². The fourth-order valence-corrected chi connectivity index (χ4v) is 1.95. The third kappa shape index (κ3) is 3.09. The average molecular weight is 274 g/mol. The van der Waals surface area contributed by atoms with Crippen molar-refractivity contribution in [3.8, 4) is 5.75 Å². The highest BCUT2D eigenvalue weighted by Gasteiger charge is 2.12. The van der Waals surface area contributed by atoms with Crippen LogP contribution in [0.3, 0.4) is 0 Å². The molecule has 0 bridgehead atoms. The topological polar surface area (TPSA) is 82.2 Å². The van der Waals surface area contributed by atoms with Gasteiger partial charge in [-0.2, -0.15) is 5.10 Å². The molecule has 6 nitrogen and oxygen atoms in total. The van der Waals surface area contributed by atoms with Crippen molar-refractivity contribution >= 4 is 11.6 Å². The Labute approximate surface area is 117 Å². The van der Waals surface area contributed by atoms with Crippen LogP contribution in [0.2, 0.25) is 0 Å². The van der Waals surface area contributed by atoms with Gasteiger partial charge in [-0.3, -0.25) is 9.48 Å². The lowest BCUT2D eigenvalue weighted by Crippen LogP contribution is -2.26. The number of carbonyl (C=O) groups excluding carboxylic acids is 1. The number of hydrogen-bond acceptors (Lipinski definition) is 4. The highest BCUT2D eigenvalue weighted by Crippen LogP contribution is 2.20. The summed E-state index contributed by atoms with van der Waals surface area (Å²) in [6, 6.07) is 6.92. The van der Waals surface area contributed by atoms with Crippen molar-refractivity contribution in [3.05, 3.63) is 41.7 Å². The molecule has 0 atom stereocenters. The van der Waals surface area contributed by atoms with Gasteiger partial charge in [0.05, 0.1) is 12.7 Å². The Kier molecular flexibility index (Phi) is 4.24. The van der Waals surface area contributed by atoms with Crippen LogP contribution < -0.4 is 15.8 Å². The maximum absolute atomic E-state index is 12.1. The first-order valence-corrected chi connectivity index (χ1v) is 6.30.